The highest BCUT2D eigenvalue weighted by atomic mass is 19.4. The molecule has 0 bridgehead atoms. The van der Waals surface area contributed by atoms with Gasteiger partial charge in [0, 0.05) is 30.5 Å². The molecule has 0 fully saturated rings. The molecule has 2 rings (SSSR count). The molecular weight excluding hydrogens is 315 g/mol. The van der Waals surface area contributed by atoms with Crippen molar-refractivity contribution in [1.29, 1.82) is 0 Å². The number of aliphatic hydroxyl groups is 1. The van der Waals surface area contributed by atoms with Crippen LogP contribution in [0.3, 0.4) is 0 Å². The number of non-ortho nitro benzene ring substituents is 1. The highest BCUT2D eigenvalue weighted by Crippen LogP contribution is 2.31. The molecule has 0 unspecified atom stereocenters. The monoisotopic (exact) mass is 329 g/mol. The summed E-state index contributed by atoms with van der Waals surface area (Å²) in [5.41, 5.74) is -0.435. The first-order valence-electron chi connectivity index (χ1n) is 6.79. The van der Waals surface area contributed by atoms with Crippen LogP contribution >= 0.6 is 0 Å². The number of alkyl halides is 3. The van der Waals surface area contributed by atoms with E-state index in [4.69, 9.17) is 5.11 Å². The van der Waals surface area contributed by atoms with Gasteiger partial charge in [-0.3, -0.25) is 14.8 Å². The maximum Gasteiger partial charge on any atom is 0.435 e. The molecule has 9 heteroatoms. The van der Waals surface area contributed by atoms with Crippen molar-refractivity contribution in [3.63, 3.8) is 0 Å². The van der Waals surface area contributed by atoms with E-state index in [2.05, 4.69) is 5.10 Å². The van der Waals surface area contributed by atoms with Crippen LogP contribution in [0.1, 0.15) is 23.2 Å². The van der Waals surface area contributed by atoms with Gasteiger partial charge in [-0.25, -0.2) is 0 Å². The van der Waals surface area contributed by atoms with Crippen LogP contribution in [0.4, 0.5) is 18.9 Å². The minimum Gasteiger partial charge on any atom is -0.396 e. The van der Waals surface area contributed by atoms with E-state index >= 15 is 0 Å². The summed E-state index contributed by atoms with van der Waals surface area (Å²) >= 11 is 0. The smallest absolute Gasteiger partial charge is 0.396 e. The van der Waals surface area contributed by atoms with Gasteiger partial charge < -0.3 is 5.11 Å². The van der Waals surface area contributed by atoms with Gasteiger partial charge in [0.2, 0.25) is 0 Å². The summed E-state index contributed by atoms with van der Waals surface area (Å²) in [5.74, 6) is 0. The normalized spacial score (nSPS) is 11.7. The van der Waals surface area contributed by atoms with E-state index in [0.717, 1.165) is 4.68 Å². The molecule has 2 aromatic rings. The van der Waals surface area contributed by atoms with Crippen LogP contribution in [-0.4, -0.2) is 26.4 Å². The van der Waals surface area contributed by atoms with Gasteiger partial charge in [0.25, 0.3) is 5.69 Å². The lowest BCUT2D eigenvalue weighted by atomic mass is 10.1. The SMILES string of the molecule is O=[N+]([O-])c1ccc(Cn2cc(CCCO)c(C(F)(F)F)n2)cc1. The summed E-state index contributed by atoms with van der Waals surface area (Å²) in [6.45, 7) is -0.134. The average Bonchev–Trinajstić information content (AvgIpc) is 2.88. The quantitative estimate of drug-likeness (QED) is 0.653. The Kier molecular flexibility index (Phi) is 4.99. The van der Waals surface area contributed by atoms with E-state index in [1.807, 2.05) is 0 Å². The number of hydrogen-bond acceptors (Lipinski definition) is 4. The van der Waals surface area contributed by atoms with E-state index < -0.39 is 16.8 Å². The first kappa shape index (κ1) is 16.9. The number of aromatic nitrogens is 2. The maximum absolute atomic E-state index is 13.0. The Balaban J connectivity index is 2.22. The second kappa shape index (κ2) is 6.78. The molecular formula is C14H14F3N3O3. The molecule has 0 aliphatic heterocycles. The number of nitrogens with zero attached hydrogens (tertiary/aromatic N) is 3. The molecule has 1 heterocycles. The van der Waals surface area contributed by atoms with Crippen LogP contribution < -0.4 is 0 Å². The summed E-state index contributed by atoms with van der Waals surface area (Å²) in [6.07, 6.45) is -2.98. The van der Waals surface area contributed by atoms with Gasteiger partial charge in [0.05, 0.1) is 11.5 Å². The number of benzene rings is 1. The van der Waals surface area contributed by atoms with Crippen molar-refractivity contribution >= 4 is 5.69 Å². The zero-order valence-corrected chi connectivity index (χ0v) is 12.0. The van der Waals surface area contributed by atoms with Crippen molar-refractivity contribution in [3.05, 3.63) is 57.4 Å². The van der Waals surface area contributed by atoms with Crippen LogP contribution in [-0.2, 0) is 19.1 Å². The van der Waals surface area contributed by atoms with Crippen molar-refractivity contribution in [2.75, 3.05) is 6.61 Å². The third-order valence-corrected chi connectivity index (χ3v) is 3.20. The summed E-state index contributed by atoms with van der Waals surface area (Å²) in [6, 6.07) is 5.52. The van der Waals surface area contributed by atoms with Crippen molar-refractivity contribution in [2.24, 2.45) is 0 Å². The fourth-order valence-corrected chi connectivity index (χ4v) is 2.14. The maximum atomic E-state index is 13.0. The third-order valence-electron chi connectivity index (χ3n) is 3.20. The molecule has 0 aliphatic carbocycles. The average molecular weight is 329 g/mol. The Morgan fingerprint density at radius 1 is 1.26 bits per heavy atom. The molecule has 6 nitrogen and oxygen atoms in total. The Morgan fingerprint density at radius 2 is 1.91 bits per heavy atom. The highest BCUT2D eigenvalue weighted by Gasteiger charge is 2.36. The van der Waals surface area contributed by atoms with Crippen molar-refractivity contribution in [1.82, 2.24) is 9.78 Å². The fourth-order valence-electron chi connectivity index (χ4n) is 2.14. The molecule has 124 valence electrons. The van der Waals surface area contributed by atoms with E-state index in [1.54, 1.807) is 0 Å². The molecule has 1 N–H and O–H groups in total. The van der Waals surface area contributed by atoms with Gasteiger partial charge in [0.1, 0.15) is 0 Å². The van der Waals surface area contributed by atoms with Gasteiger partial charge >= 0.3 is 6.18 Å². The number of nitro benzene ring substituents is 1. The third kappa shape index (κ3) is 4.28. The molecule has 0 atom stereocenters. The molecule has 0 radical (unpaired) electrons. The number of halogens is 3. The Morgan fingerprint density at radius 3 is 2.43 bits per heavy atom. The van der Waals surface area contributed by atoms with Crippen LogP contribution in [0, 0.1) is 10.1 Å². The molecule has 0 amide bonds. The van der Waals surface area contributed by atoms with E-state index in [1.165, 1.54) is 30.5 Å². The van der Waals surface area contributed by atoms with Gasteiger partial charge in [-0.05, 0) is 18.4 Å². The number of nitro groups is 1. The zero-order chi connectivity index (χ0) is 17.0. The predicted molar refractivity (Wildman–Crippen MR) is 74.8 cm³/mol. The summed E-state index contributed by atoms with van der Waals surface area (Å²) in [5, 5.41) is 22.9. The number of aryl methyl sites for hydroxylation is 1. The van der Waals surface area contributed by atoms with Gasteiger partial charge in [-0.15, -0.1) is 0 Å². The number of hydrogen-bond donors (Lipinski definition) is 1. The van der Waals surface area contributed by atoms with Crippen LogP contribution in [0.5, 0.6) is 0 Å². The van der Waals surface area contributed by atoms with Crippen LogP contribution in [0.25, 0.3) is 0 Å². The predicted octanol–water partition coefficient (Wildman–Crippen LogP) is 2.78. The number of aliphatic hydroxyl groups excluding tert-OH is 1. The number of rotatable bonds is 6. The van der Waals surface area contributed by atoms with Crippen LogP contribution in [0.15, 0.2) is 30.5 Å². The Bertz CT molecular complexity index is 681. The fraction of sp³-hybridized carbons (Fsp3) is 0.357. The van der Waals surface area contributed by atoms with Crippen molar-refractivity contribution < 1.29 is 23.2 Å². The molecule has 0 spiro atoms. The first-order chi connectivity index (χ1) is 10.8. The lowest BCUT2D eigenvalue weighted by Gasteiger charge is -2.05. The summed E-state index contributed by atoms with van der Waals surface area (Å²) in [4.78, 5) is 10.0. The minimum atomic E-state index is -4.56. The van der Waals surface area contributed by atoms with E-state index in [0.29, 0.717) is 5.56 Å². The zero-order valence-electron chi connectivity index (χ0n) is 12.0. The second-order valence-corrected chi connectivity index (χ2v) is 4.95. The lowest BCUT2D eigenvalue weighted by Crippen LogP contribution is -2.10. The lowest BCUT2D eigenvalue weighted by molar-refractivity contribution is -0.384. The minimum absolute atomic E-state index is 0.0217. The summed E-state index contributed by atoms with van der Waals surface area (Å²) in [7, 11) is 0. The molecule has 0 saturated heterocycles. The molecule has 1 aromatic carbocycles. The van der Waals surface area contributed by atoms with Crippen LogP contribution in [0.2, 0.25) is 0 Å². The first-order valence-corrected chi connectivity index (χ1v) is 6.79. The van der Waals surface area contributed by atoms with E-state index in [9.17, 15) is 23.3 Å². The van der Waals surface area contributed by atoms with Crippen molar-refractivity contribution in [3.8, 4) is 0 Å². The topological polar surface area (TPSA) is 81.2 Å². The second-order valence-electron chi connectivity index (χ2n) is 4.95. The molecule has 23 heavy (non-hydrogen) atoms. The van der Waals surface area contributed by atoms with E-state index in [-0.39, 0.29) is 37.2 Å². The molecule has 0 aliphatic rings. The van der Waals surface area contributed by atoms with Crippen molar-refractivity contribution in [2.45, 2.75) is 25.6 Å². The van der Waals surface area contributed by atoms with Gasteiger partial charge in [-0.1, -0.05) is 12.1 Å². The standard InChI is InChI=1S/C14H14F3N3O3/c15-14(16,17)13-11(2-1-7-21)9-19(18-13)8-10-3-5-12(6-4-10)20(22)23/h3-6,9,21H,1-2,7-8H2. The van der Waals surface area contributed by atoms with Gasteiger partial charge in [0.15, 0.2) is 5.69 Å². The molecule has 0 saturated carbocycles. The van der Waals surface area contributed by atoms with Gasteiger partial charge in [-0.2, -0.15) is 18.3 Å². The largest absolute Gasteiger partial charge is 0.435 e. The molecule has 1 aromatic heterocycles. The Labute approximate surface area is 129 Å². The Hall–Kier alpha value is -2.42. The summed E-state index contributed by atoms with van der Waals surface area (Å²) < 4.78 is 40.0. The highest BCUT2D eigenvalue weighted by molar-refractivity contribution is 5.33.